The van der Waals surface area contributed by atoms with Gasteiger partial charge in [-0.15, -0.1) is 0 Å². The van der Waals surface area contributed by atoms with E-state index in [1.807, 2.05) is 76.2 Å². The minimum Gasteiger partial charge on any atom is -0.354 e. The number of hydrogen-bond acceptors (Lipinski definition) is 4. The zero-order valence-electron chi connectivity index (χ0n) is 26.1. The molecule has 0 aliphatic carbocycles. The fourth-order valence-electron chi connectivity index (χ4n) is 5.10. The Labute approximate surface area is 271 Å². The van der Waals surface area contributed by atoms with Crippen LogP contribution in [-0.4, -0.2) is 44.3 Å². The summed E-state index contributed by atoms with van der Waals surface area (Å²) in [6.45, 7) is 7.65. The molecule has 0 aliphatic rings. The summed E-state index contributed by atoms with van der Waals surface area (Å²) < 4.78 is 29.5. The summed E-state index contributed by atoms with van der Waals surface area (Å²) >= 11 is 6.57. The number of sulfonamides is 1. The van der Waals surface area contributed by atoms with E-state index < -0.39 is 28.5 Å². The van der Waals surface area contributed by atoms with Crippen LogP contribution in [0.15, 0.2) is 108 Å². The zero-order chi connectivity index (χ0) is 32.6. The van der Waals surface area contributed by atoms with Crippen LogP contribution in [0.25, 0.3) is 0 Å². The van der Waals surface area contributed by atoms with Crippen LogP contribution in [0, 0.1) is 19.8 Å². The number of hydrogen-bond donors (Lipinski definition) is 1. The highest BCUT2D eigenvalue weighted by Gasteiger charge is 2.35. The van der Waals surface area contributed by atoms with E-state index in [2.05, 4.69) is 5.32 Å². The highest BCUT2D eigenvalue weighted by atomic mass is 35.5. The first kappa shape index (κ1) is 33.7. The Bertz CT molecular complexity index is 1710. The number of amides is 2. The summed E-state index contributed by atoms with van der Waals surface area (Å²) in [6.07, 6.45) is 0.232. The molecule has 0 bridgehead atoms. The molecule has 4 rings (SSSR count). The molecule has 1 unspecified atom stereocenters. The molecule has 0 aliphatic heterocycles. The van der Waals surface area contributed by atoms with Gasteiger partial charge in [0.1, 0.15) is 12.6 Å². The molecule has 1 atom stereocenters. The average Bonchev–Trinajstić information content (AvgIpc) is 3.02. The minimum atomic E-state index is -4.17. The van der Waals surface area contributed by atoms with Crippen molar-refractivity contribution in [3.8, 4) is 0 Å². The number of rotatable bonds is 13. The zero-order valence-corrected chi connectivity index (χ0v) is 27.7. The van der Waals surface area contributed by atoms with Crippen molar-refractivity contribution in [2.24, 2.45) is 5.92 Å². The van der Waals surface area contributed by atoms with Crippen LogP contribution < -0.4 is 9.62 Å². The van der Waals surface area contributed by atoms with Crippen molar-refractivity contribution >= 4 is 39.1 Å². The smallest absolute Gasteiger partial charge is 0.264 e. The molecule has 4 aromatic carbocycles. The third-order valence-electron chi connectivity index (χ3n) is 7.49. The monoisotopic (exact) mass is 645 g/mol. The van der Waals surface area contributed by atoms with Gasteiger partial charge in [-0.1, -0.05) is 110 Å². The second-order valence-corrected chi connectivity index (χ2v) is 13.8. The molecule has 0 fully saturated rings. The van der Waals surface area contributed by atoms with Crippen molar-refractivity contribution in [3.05, 3.63) is 130 Å². The number of benzene rings is 4. The highest BCUT2D eigenvalue weighted by molar-refractivity contribution is 7.92. The second-order valence-electron chi connectivity index (χ2n) is 11.6. The fraction of sp³-hybridized carbons (Fsp3) is 0.278. The SMILES string of the molecule is Cc1ccc(N(CC(=O)N(Cc2ccccc2Cl)C(Cc2ccccc2)C(=O)NCC(C)C)S(=O)(=O)c2ccccc2)c(C)c1. The third kappa shape index (κ3) is 8.74. The van der Waals surface area contributed by atoms with Crippen molar-refractivity contribution < 1.29 is 18.0 Å². The first-order valence-corrected chi connectivity index (χ1v) is 16.8. The topological polar surface area (TPSA) is 86.8 Å². The Morgan fingerprint density at radius 3 is 2.09 bits per heavy atom. The minimum absolute atomic E-state index is 0.0111. The van der Waals surface area contributed by atoms with Crippen molar-refractivity contribution in [3.63, 3.8) is 0 Å². The van der Waals surface area contributed by atoms with Crippen LogP contribution in [0.4, 0.5) is 5.69 Å². The second kappa shape index (κ2) is 15.2. The molecule has 0 saturated carbocycles. The Balaban J connectivity index is 1.82. The molecule has 2 amide bonds. The van der Waals surface area contributed by atoms with Crippen molar-refractivity contribution in [2.75, 3.05) is 17.4 Å². The number of anilines is 1. The van der Waals surface area contributed by atoms with E-state index in [0.717, 1.165) is 15.4 Å². The van der Waals surface area contributed by atoms with Gasteiger partial charge in [0, 0.05) is 24.5 Å². The average molecular weight is 646 g/mol. The largest absolute Gasteiger partial charge is 0.354 e. The summed E-state index contributed by atoms with van der Waals surface area (Å²) in [5.74, 6) is -0.665. The third-order valence-corrected chi connectivity index (χ3v) is 9.63. The number of nitrogens with zero attached hydrogens (tertiary/aromatic N) is 2. The van der Waals surface area contributed by atoms with Crippen LogP contribution in [0.3, 0.4) is 0 Å². The molecular weight excluding hydrogens is 606 g/mol. The molecule has 45 heavy (non-hydrogen) atoms. The predicted octanol–water partition coefficient (Wildman–Crippen LogP) is 6.56. The van der Waals surface area contributed by atoms with E-state index in [0.29, 0.717) is 28.4 Å². The van der Waals surface area contributed by atoms with Gasteiger partial charge in [-0.2, -0.15) is 0 Å². The molecule has 236 valence electrons. The Hall–Kier alpha value is -4.14. The van der Waals surface area contributed by atoms with Crippen LogP contribution in [0.1, 0.15) is 36.1 Å². The Kier molecular flexibility index (Phi) is 11.4. The van der Waals surface area contributed by atoms with E-state index in [-0.39, 0.29) is 29.7 Å². The standard InChI is InChI=1S/C36H40ClN3O4S/c1-26(2)23-38-36(42)34(22-29-13-7-5-8-14-29)39(24-30-15-11-12-18-32(30)37)35(41)25-40(33-20-19-27(3)21-28(33)4)45(43,44)31-16-9-6-10-17-31/h5-21,26,34H,22-25H2,1-4H3,(H,38,42). The number of carbonyl (C=O) groups is 2. The van der Waals surface area contributed by atoms with Crippen LogP contribution in [0.2, 0.25) is 5.02 Å². The quantitative estimate of drug-likeness (QED) is 0.178. The molecule has 0 spiro atoms. The van der Waals surface area contributed by atoms with Crippen molar-refractivity contribution in [1.29, 1.82) is 0 Å². The van der Waals surface area contributed by atoms with Gasteiger partial charge < -0.3 is 10.2 Å². The van der Waals surface area contributed by atoms with Crippen molar-refractivity contribution in [2.45, 2.75) is 51.6 Å². The molecule has 0 radical (unpaired) electrons. The first-order valence-electron chi connectivity index (χ1n) is 15.0. The van der Waals surface area contributed by atoms with E-state index in [1.165, 1.54) is 17.0 Å². The lowest BCUT2D eigenvalue weighted by molar-refractivity contribution is -0.140. The number of nitrogens with one attached hydrogen (secondary N) is 1. The summed E-state index contributed by atoms with van der Waals surface area (Å²) in [6, 6.07) is 29.1. The van der Waals surface area contributed by atoms with Gasteiger partial charge in [0.25, 0.3) is 10.0 Å². The predicted molar refractivity (Wildman–Crippen MR) is 181 cm³/mol. The summed E-state index contributed by atoms with van der Waals surface area (Å²) in [4.78, 5) is 30.0. The van der Waals surface area contributed by atoms with Crippen LogP contribution >= 0.6 is 11.6 Å². The van der Waals surface area contributed by atoms with Crippen LogP contribution in [0.5, 0.6) is 0 Å². The number of halogens is 1. The number of aryl methyl sites for hydroxylation is 2. The Morgan fingerprint density at radius 1 is 0.844 bits per heavy atom. The van der Waals surface area contributed by atoms with Crippen LogP contribution in [-0.2, 0) is 32.6 Å². The number of carbonyl (C=O) groups excluding carboxylic acids is 2. The van der Waals surface area contributed by atoms with Gasteiger partial charge in [-0.3, -0.25) is 13.9 Å². The summed E-state index contributed by atoms with van der Waals surface area (Å²) in [5.41, 5.74) is 3.56. The summed E-state index contributed by atoms with van der Waals surface area (Å²) in [7, 11) is -4.17. The van der Waals surface area contributed by atoms with Gasteiger partial charge in [0.2, 0.25) is 11.8 Å². The maximum Gasteiger partial charge on any atom is 0.264 e. The molecular formula is C36H40ClN3O4S. The maximum absolute atomic E-state index is 14.6. The van der Waals surface area contributed by atoms with Gasteiger partial charge in [-0.25, -0.2) is 8.42 Å². The van der Waals surface area contributed by atoms with Crippen molar-refractivity contribution in [1.82, 2.24) is 10.2 Å². The van der Waals surface area contributed by atoms with E-state index in [1.54, 1.807) is 42.5 Å². The first-order chi connectivity index (χ1) is 21.5. The Morgan fingerprint density at radius 2 is 1.47 bits per heavy atom. The van der Waals surface area contributed by atoms with Gasteiger partial charge in [0.05, 0.1) is 10.6 Å². The maximum atomic E-state index is 14.6. The van der Waals surface area contributed by atoms with Gasteiger partial charge >= 0.3 is 0 Å². The lowest BCUT2D eigenvalue weighted by atomic mass is 10.0. The molecule has 0 saturated heterocycles. The van der Waals surface area contributed by atoms with E-state index >= 15 is 0 Å². The molecule has 1 N–H and O–H groups in total. The lowest BCUT2D eigenvalue weighted by Gasteiger charge is -2.34. The lowest BCUT2D eigenvalue weighted by Crippen LogP contribution is -2.53. The molecule has 4 aromatic rings. The summed E-state index contributed by atoms with van der Waals surface area (Å²) in [5, 5.41) is 3.44. The molecule has 7 nitrogen and oxygen atoms in total. The van der Waals surface area contributed by atoms with E-state index in [4.69, 9.17) is 11.6 Å². The van der Waals surface area contributed by atoms with E-state index in [9.17, 15) is 18.0 Å². The fourth-order valence-corrected chi connectivity index (χ4v) is 6.80. The highest BCUT2D eigenvalue weighted by Crippen LogP contribution is 2.29. The normalized spacial score (nSPS) is 12.0. The molecule has 9 heteroatoms. The van der Waals surface area contributed by atoms with Gasteiger partial charge in [-0.05, 0) is 60.7 Å². The molecule has 0 heterocycles. The van der Waals surface area contributed by atoms with Gasteiger partial charge in [0.15, 0.2) is 0 Å². The molecule has 0 aromatic heterocycles.